The standard InChI is InChI=1S/C23H26N2O2/c1-15(26)17-7-9-22-20(13-17)21-14-18(16(2)27)8-10-23(21)25(22)12-11-24-19-5-3-4-6-19/h7-10,13-14,19,24H,3-6,11-12H2,1-2H3. The van der Waals surface area contributed by atoms with Crippen molar-refractivity contribution < 1.29 is 9.59 Å². The summed E-state index contributed by atoms with van der Waals surface area (Å²) in [5.41, 5.74) is 3.64. The highest BCUT2D eigenvalue weighted by atomic mass is 16.1. The molecule has 0 spiro atoms. The summed E-state index contributed by atoms with van der Waals surface area (Å²) in [6.07, 6.45) is 5.21. The first-order valence-corrected chi connectivity index (χ1v) is 9.86. The van der Waals surface area contributed by atoms with E-state index >= 15 is 0 Å². The number of carbonyl (C=O) groups excluding carboxylic acids is 2. The summed E-state index contributed by atoms with van der Waals surface area (Å²) in [7, 11) is 0. The third-order valence-electron chi connectivity index (χ3n) is 5.80. The van der Waals surface area contributed by atoms with E-state index in [1.165, 1.54) is 25.7 Å². The molecule has 4 rings (SSSR count). The zero-order valence-corrected chi connectivity index (χ0v) is 16.0. The van der Waals surface area contributed by atoms with Gasteiger partial charge in [0, 0.05) is 52.1 Å². The van der Waals surface area contributed by atoms with Gasteiger partial charge in [0.2, 0.25) is 0 Å². The summed E-state index contributed by atoms with van der Waals surface area (Å²) in [5.74, 6) is 0.117. The highest BCUT2D eigenvalue weighted by Gasteiger charge is 2.16. The second-order valence-electron chi connectivity index (χ2n) is 7.66. The lowest BCUT2D eigenvalue weighted by Gasteiger charge is -2.13. The molecular formula is C23H26N2O2. The minimum absolute atomic E-state index is 0.0587. The number of hydrogen-bond acceptors (Lipinski definition) is 3. The van der Waals surface area contributed by atoms with Gasteiger partial charge in [0.15, 0.2) is 11.6 Å². The highest BCUT2D eigenvalue weighted by Crippen LogP contribution is 2.31. The topological polar surface area (TPSA) is 51.1 Å². The molecule has 4 nitrogen and oxygen atoms in total. The van der Waals surface area contributed by atoms with Crippen LogP contribution in [-0.2, 0) is 6.54 Å². The molecule has 1 saturated carbocycles. The van der Waals surface area contributed by atoms with Gasteiger partial charge in [-0.05, 0) is 63.1 Å². The summed E-state index contributed by atoms with van der Waals surface area (Å²) < 4.78 is 2.31. The molecule has 0 unspecified atom stereocenters. The second-order valence-corrected chi connectivity index (χ2v) is 7.66. The lowest BCUT2D eigenvalue weighted by molar-refractivity contribution is 0.100. The van der Waals surface area contributed by atoms with Crippen LogP contribution >= 0.6 is 0 Å². The average Bonchev–Trinajstić information content (AvgIpc) is 3.27. The Labute approximate surface area is 159 Å². The van der Waals surface area contributed by atoms with Gasteiger partial charge in [-0.2, -0.15) is 0 Å². The van der Waals surface area contributed by atoms with E-state index < -0.39 is 0 Å². The molecule has 0 amide bonds. The minimum Gasteiger partial charge on any atom is -0.339 e. The van der Waals surface area contributed by atoms with Crippen molar-refractivity contribution >= 4 is 33.4 Å². The number of ketones is 2. The molecule has 1 aromatic heterocycles. The van der Waals surface area contributed by atoms with Gasteiger partial charge in [-0.1, -0.05) is 12.8 Å². The van der Waals surface area contributed by atoms with Crippen LogP contribution < -0.4 is 5.32 Å². The van der Waals surface area contributed by atoms with Crippen molar-refractivity contribution in [1.82, 2.24) is 9.88 Å². The normalized spacial score (nSPS) is 15.0. The van der Waals surface area contributed by atoms with E-state index in [-0.39, 0.29) is 11.6 Å². The first-order valence-electron chi connectivity index (χ1n) is 9.86. The quantitative estimate of drug-likeness (QED) is 0.645. The molecule has 4 heteroatoms. The molecule has 0 bridgehead atoms. The fourth-order valence-electron chi connectivity index (χ4n) is 4.29. The lowest BCUT2D eigenvalue weighted by atomic mass is 10.0. The van der Waals surface area contributed by atoms with E-state index in [9.17, 15) is 9.59 Å². The molecule has 1 N–H and O–H groups in total. The number of carbonyl (C=O) groups is 2. The largest absolute Gasteiger partial charge is 0.339 e. The van der Waals surface area contributed by atoms with Crippen molar-refractivity contribution in [2.45, 2.75) is 52.1 Å². The Bertz CT molecular complexity index is 954. The molecule has 0 saturated heterocycles. The molecule has 0 radical (unpaired) electrons. The predicted molar refractivity (Wildman–Crippen MR) is 110 cm³/mol. The van der Waals surface area contributed by atoms with Crippen molar-refractivity contribution in [3.05, 3.63) is 47.5 Å². The number of benzene rings is 2. The molecule has 0 atom stereocenters. The van der Waals surface area contributed by atoms with Gasteiger partial charge in [0.25, 0.3) is 0 Å². The average molecular weight is 362 g/mol. The number of rotatable bonds is 6. The monoisotopic (exact) mass is 362 g/mol. The number of fused-ring (bicyclic) bond motifs is 3. The van der Waals surface area contributed by atoms with Crippen LogP contribution in [0.1, 0.15) is 60.2 Å². The van der Waals surface area contributed by atoms with Gasteiger partial charge in [0.05, 0.1) is 0 Å². The Morgan fingerprint density at radius 2 is 1.44 bits per heavy atom. The Morgan fingerprint density at radius 1 is 0.926 bits per heavy atom. The summed E-state index contributed by atoms with van der Waals surface area (Å²) in [6.45, 7) is 4.97. The summed E-state index contributed by atoms with van der Waals surface area (Å²) in [4.78, 5) is 23.7. The van der Waals surface area contributed by atoms with Crippen molar-refractivity contribution in [3.63, 3.8) is 0 Å². The van der Waals surface area contributed by atoms with Gasteiger partial charge in [-0.15, -0.1) is 0 Å². The van der Waals surface area contributed by atoms with Gasteiger partial charge in [-0.25, -0.2) is 0 Å². The first kappa shape index (κ1) is 17.9. The van der Waals surface area contributed by atoms with Crippen LogP contribution in [-0.4, -0.2) is 28.7 Å². The fourth-order valence-corrected chi connectivity index (χ4v) is 4.29. The minimum atomic E-state index is 0.0587. The maximum absolute atomic E-state index is 11.9. The Kier molecular flexibility index (Phi) is 4.83. The number of nitrogens with one attached hydrogen (secondary N) is 1. The third kappa shape index (κ3) is 3.42. The smallest absolute Gasteiger partial charge is 0.159 e. The van der Waals surface area contributed by atoms with Crippen LogP contribution in [0.4, 0.5) is 0 Å². The molecular weight excluding hydrogens is 336 g/mol. The molecule has 1 fully saturated rings. The molecule has 1 heterocycles. The SMILES string of the molecule is CC(=O)c1ccc2c(c1)c1cc(C(C)=O)ccc1n2CCNC1CCCC1. The maximum atomic E-state index is 11.9. The molecule has 140 valence electrons. The molecule has 1 aliphatic rings. The summed E-state index contributed by atoms with van der Waals surface area (Å²) in [6, 6.07) is 12.4. The fraction of sp³-hybridized carbons (Fsp3) is 0.391. The van der Waals surface area contributed by atoms with Crippen LogP contribution in [0.15, 0.2) is 36.4 Å². The predicted octanol–water partition coefficient (Wildman–Crippen LogP) is 4.73. The van der Waals surface area contributed by atoms with E-state index in [0.717, 1.165) is 34.9 Å². The van der Waals surface area contributed by atoms with Crippen LogP contribution in [0.2, 0.25) is 0 Å². The number of nitrogens with zero attached hydrogens (tertiary/aromatic N) is 1. The molecule has 0 aliphatic heterocycles. The van der Waals surface area contributed by atoms with Gasteiger partial charge in [0.1, 0.15) is 0 Å². The molecule has 27 heavy (non-hydrogen) atoms. The number of hydrogen-bond donors (Lipinski definition) is 1. The number of Topliss-reactive ketones (excluding diaryl/α,β-unsaturated/α-hetero) is 2. The summed E-state index contributed by atoms with van der Waals surface area (Å²) >= 11 is 0. The van der Waals surface area contributed by atoms with E-state index in [4.69, 9.17) is 0 Å². The van der Waals surface area contributed by atoms with Crippen LogP contribution in [0, 0.1) is 0 Å². The zero-order valence-electron chi connectivity index (χ0n) is 16.0. The van der Waals surface area contributed by atoms with Crippen molar-refractivity contribution in [2.75, 3.05) is 6.54 Å². The lowest BCUT2D eigenvalue weighted by Crippen LogP contribution is -2.29. The molecule has 3 aromatic rings. The molecule has 2 aromatic carbocycles. The van der Waals surface area contributed by atoms with E-state index in [1.807, 2.05) is 36.4 Å². The van der Waals surface area contributed by atoms with Crippen molar-refractivity contribution in [1.29, 1.82) is 0 Å². The zero-order chi connectivity index (χ0) is 19.0. The second kappa shape index (κ2) is 7.28. The Hall–Kier alpha value is -2.46. The van der Waals surface area contributed by atoms with Crippen molar-refractivity contribution in [2.24, 2.45) is 0 Å². The van der Waals surface area contributed by atoms with E-state index in [2.05, 4.69) is 9.88 Å². The van der Waals surface area contributed by atoms with Gasteiger partial charge >= 0.3 is 0 Å². The first-order chi connectivity index (χ1) is 13.0. The summed E-state index contributed by atoms with van der Waals surface area (Å²) in [5, 5.41) is 5.77. The Morgan fingerprint density at radius 3 is 1.93 bits per heavy atom. The van der Waals surface area contributed by atoms with Gasteiger partial charge < -0.3 is 9.88 Å². The van der Waals surface area contributed by atoms with Crippen LogP contribution in [0.3, 0.4) is 0 Å². The van der Waals surface area contributed by atoms with Crippen LogP contribution in [0.25, 0.3) is 21.8 Å². The van der Waals surface area contributed by atoms with Crippen LogP contribution in [0.5, 0.6) is 0 Å². The molecule has 1 aliphatic carbocycles. The Balaban J connectivity index is 1.77. The highest BCUT2D eigenvalue weighted by molar-refractivity contribution is 6.12. The third-order valence-corrected chi connectivity index (χ3v) is 5.80. The number of aromatic nitrogens is 1. The maximum Gasteiger partial charge on any atom is 0.159 e. The van der Waals surface area contributed by atoms with Gasteiger partial charge in [-0.3, -0.25) is 9.59 Å². The van der Waals surface area contributed by atoms with Crippen molar-refractivity contribution in [3.8, 4) is 0 Å². The van der Waals surface area contributed by atoms with E-state index in [0.29, 0.717) is 17.2 Å². The van der Waals surface area contributed by atoms with E-state index in [1.54, 1.807) is 13.8 Å².